The average molecular weight is 211 g/mol. The first-order chi connectivity index (χ1) is 7.24. The van der Waals surface area contributed by atoms with Crippen molar-refractivity contribution in [2.45, 2.75) is 13.5 Å². The van der Waals surface area contributed by atoms with Crippen molar-refractivity contribution in [1.82, 2.24) is 15.1 Å². The number of hydrogen-bond acceptors (Lipinski definition) is 4. The number of carbonyl (C=O) groups excluding carboxylic acids is 2. The Morgan fingerprint density at radius 3 is 2.93 bits per heavy atom. The lowest BCUT2D eigenvalue weighted by molar-refractivity contribution is -0.154. The van der Waals surface area contributed by atoms with Crippen molar-refractivity contribution in [2.75, 3.05) is 13.2 Å². The van der Waals surface area contributed by atoms with Gasteiger partial charge in [-0.1, -0.05) is 0 Å². The molecule has 0 bridgehead atoms. The summed E-state index contributed by atoms with van der Waals surface area (Å²) in [6.45, 7) is 2.72. The van der Waals surface area contributed by atoms with Crippen molar-refractivity contribution in [1.29, 1.82) is 0 Å². The second-order valence-electron chi connectivity index (χ2n) is 2.75. The summed E-state index contributed by atoms with van der Waals surface area (Å²) in [6.07, 6.45) is 3.42. The van der Waals surface area contributed by atoms with E-state index in [-0.39, 0.29) is 6.61 Å². The maximum absolute atomic E-state index is 11.0. The average Bonchev–Trinajstić information content (AvgIpc) is 2.71. The molecule has 0 spiro atoms. The van der Waals surface area contributed by atoms with Crippen LogP contribution in [0.2, 0.25) is 0 Å². The van der Waals surface area contributed by atoms with Gasteiger partial charge in [0.05, 0.1) is 13.2 Å². The van der Waals surface area contributed by atoms with Crippen LogP contribution in [0.5, 0.6) is 0 Å². The van der Waals surface area contributed by atoms with E-state index in [2.05, 4.69) is 15.2 Å². The topological polar surface area (TPSA) is 73.2 Å². The number of esters is 1. The third kappa shape index (κ3) is 3.80. The molecule has 1 N–H and O–H groups in total. The van der Waals surface area contributed by atoms with Crippen molar-refractivity contribution >= 4 is 11.9 Å². The van der Waals surface area contributed by atoms with Crippen LogP contribution < -0.4 is 5.32 Å². The Kier molecular flexibility index (Phi) is 4.33. The molecular formula is C9H13N3O3. The smallest absolute Gasteiger partial charge is 0.396 e. The van der Waals surface area contributed by atoms with Gasteiger partial charge in [-0.05, 0) is 13.0 Å². The summed E-state index contributed by atoms with van der Waals surface area (Å²) in [4.78, 5) is 21.9. The Morgan fingerprint density at radius 2 is 2.33 bits per heavy atom. The highest BCUT2D eigenvalue weighted by atomic mass is 16.5. The standard InChI is InChI=1S/C9H13N3O3/c1-2-15-9(14)8(13)10-5-7-12-6-3-4-11-12/h3-4,6H,2,5,7H2,1H3,(H,10,13). The summed E-state index contributed by atoms with van der Waals surface area (Å²) in [5.74, 6) is -1.57. The van der Waals surface area contributed by atoms with Crippen molar-refractivity contribution in [3.8, 4) is 0 Å². The highest BCUT2D eigenvalue weighted by Crippen LogP contribution is 1.83. The summed E-state index contributed by atoms with van der Waals surface area (Å²) >= 11 is 0. The van der Waals surface area contributed by atoms with E-state index < -0.39 is 11.9 Å². The van der Waals surface area contributed by atoms with E-state index in [1.807, 2.05) is 0 Å². The maximum Gasteiger partial charge on any atom is 0.396 e. The van der Waals surface area contributed by atoms with E-state index in [9.17, 15) is 9.59 Å². The Balaban J connectivity index is 2.20. The molecule has 0 saturated carbocycles. The first kappa shape index (κ1) is 11.2. The molecule has 0 atom stereocenters. The van der Waals surface area contributed by atoms with Crippen molar-refractivity contribution in [3.05, 3.63) is 18.5 Å². The predicted molar refractivity (Wildman–Crippen MR) is 51.9 cm³/mol. The number of rotatable bonds is 4. The Labute approximate surface area is 87.2 Å². The van der Waals surface area contributed by atoms with E-state index >= 15 is 0 Å². The number of amides is 1. The highest BCUT2D eigenvalue weighted by Gasteiger charge is 2.12. The molecule has 6 nitrogen and oxygen atoms in total. The molecule has 6 heteroatoms. The highest BCUT2D eigenvalue weighted by molar-refractivity contribution is 6.32. The van der Waals surface area contributed by atoms with Gasteiger partial charge in [0.15, 0.2) is 0 Å². The van der Waals surface area contributed by atoms with Gasteiger partial charge in [0.25, 0.3) is 0 Å². The molecule has 0 saturated heterocycles. The molecule has 1 heterocycles. The molecule has 0 aromatic carbocycles. The van der Waals surface area contributed by atoms with E-state index in [0.29, 0.717) is 13.1 Å². The SMILES string of the molecule is CCOC(=O)C(=O)NCCn1cccn1. The zero-order chi connectivity index (χ0) is 11.1. The Morgan fingerprint density at radius 1 is 1.53 bits per heavy atom. The summed E-state index contributed by atoms with van der Waals surface area (Å²) < 4.78 is 6.18. The fraction of sp³-hybridized carbons (Fsp3) is 0.444. The second kappa shape index (κ2) is 5.79. The lowest BCUT2D eigenvalue weighted by atomic mass is 10.5. The number of ether oxygens (including phenoxy) is 1. The zero-order valence-corrected chi connectivity index (χ0v) is 8.47. The lowest BCUT2D eigenvalue weighted by Gasteiger charge is -2.04. The van der Waals surface area contributed by atoms with Crippen LogP contribution in [-0.4, -0.2) is 34.8 Å². The van der Waals surface area contributed by atoms with E-state index in [1.54, 1.807) is 30.1 Å². The maximum atomic E-state index is 11.0. The van der Waals surface area contributed by atoms with Crippen LogP contribution in [-0.2, 0) is 20.9 Å². The number of nitrogens with one attached hydrogen (secondary N) is 1. The third-order valence-corrected chi connectivity index (χ3v) is 1.65. The van der Waals surface area contributed by atoms with E-state index in [1.165, 1.54) is 0 Å². The first-order valence-corrected chi connectivity index (χ1v) is 4.66. The van der Waals surface area contributed by atoms with Gasteiger partial charge in [-0.25, -0.2) is 4.79 Å². The van der Waals surface area contributed by atoms with Crippen LogP contribution in [0.25, 0.3) is 0 Å². The fourth-order valence-electron chi connectivity index (χ4n) is 0.986. The van der Waals surface area contributed by atoms with Crippen molar-refractivity contribution in [3.63, 3.8) is 0 Å². The molecule has 1 aromatic heterocycles. The molecule has 0 unspecified atom stereocenters. The minimum Gasteiger partial charge on any atom is -0.459 e. The van der Waals surface area contributed by atoms with Crippen LogP contribution >= 0.6 is 0 Å². The number of hydrogen-bond donors (Lipinski definition) is 1. The molecule has 0 aliphatic heterocycles. The molecule has 82 valence electrons. The molecule has 1 aromatic rings. The normalized spacial score (nSPS) is 9.67. The van der Waals surface area contributed by atoms with Gasteiger partial charge in [-0.2, -0.15) is 5.10 Å². The molecule has 0 aliphatic carbocycles. The summed E-state index contributed by atoms with van der Waals surface area (Å²) in [5.41, 5.74) is 0. The largest absolute Gasteiger partial charge is 0.459 e. The van der Waals surface area contributed by atoms with E-state index in [0.717, 1.165) is 0 Å². The predicted octanol–water partition coefficient (Wildman–Crippen LogP) is -0.438. The van der Waals surface area contributed by atoms with Gasteiger partial charge in [0, 0.05) is 18.9 Å². The quantitative estimate of drug-likeness (QED) is 0.541. The summed E-state index contributed by atoms with van der Waals surface area (Å²) in [5, 5.41) is 6.37. The van der Waals surface area contributed by atoms with Crippen LogP contribution in [0.1, 0.15) is 6.92 Å². The number of carbonyl (C=O) groups is 2. The van der Waals surface area contributed by atoms with Gasteiger partial charge in [0.1, 0.15) is 0 Å². The van der Waals surface area contributed by atoms with Gasteiger partial charge < -0.3 is 10.1 Å². The second-order valence-corrected chi connectivity index (χ2v) is 2.75. The Bertz CT molecular complexity index is 321. The number of aromatic nitrogens is 2. The van der Waals surface area contributed by atoms with Gasteiger partial charge in [-0.3, -0.25) is 9.48 Å². The molecular weight excluding hydrogens is 198 g/mol. The zero-order valence-electron chi connectivity index (χ0n) is 8.47. The van der Waals surface area contributed by atoms with E-state index in [4.69, 9.17) is 0 Å². The molecule has 0 radical (unpaired) electrons. The molecule has 0 aliphatic rings. The van der Waals surface area contributed by atoms with Crippen molar-refractivity contribution < 1.29 is 14.3 Å². The molecule has 1 amide bonds. The Hall–Kier alpha value is -1.85. The van der Waals surface area contributed by atoms with Crippen molar-refractivity contribution in [2.24, 2.45) is 0 Å². The van der Waals surface area contributed by atoms with Gasteiger partial charge in [0.2, 0.25) is 0 Å². The van der Waals surface area contributed by atoms with Crippen LogP contribution in [0.3, 0.4) is 0 Å². The molecule has 1 rings (SSSR count). The summed E-state index contributed by atoms with van der Waals surface area (Å²) in [6, 6.07) is 1.78. The first-order valence-electron chi connectivity index (χ1n) is 4.66. The third-order valence-electron chi connectivity index (χ3n) is 1.65. The van der Waals surface area contributed by atoms with Crippen LogP contribution in [0.15, 0.2) is 18.5 Å². The molecule has 15 heavy (non-hydrogen) atoms. The van der Waals surface area contributed by atoms with Crippen LogP contribution in [0, 0.1) is 0 Å². The monoisotopic (exact) mass is 211 g/mol. The van der Waals surface area contributed by atoms with Gasteiger partial charge >= 0.3 is 11.9 Å². The van der Waals surface area contributed by atoms with Crippen LogP contribution in [0.4, 0.5) is 0 Å². The van der Waals surface area contributed by atoms with Gasteiger partial charge in [-0.15, -0.1) is 0 Å². The fourth-order valence-corrected chi connectivity index (χ4v) is 0.986. The lowest BCUT2D eigenvalue weighted by Crippen LogP contribution is -2.34. The molecule has 0 fully saturated rings. The summed E-state index contributed by atoms with van der Waals surface area (Å²) in [7, 11) is 0. The minimum absolute atomic E-state index is 0.200. The number of nitrogens with zero attached hydrogens (tertiary/aromatic N) is 2. The minimum atomic E-state index is -0.849.